The Labute approximate surface area is 108 Å². The Morgan fingerprint density at radius 2 is 2.17 bits per heavy atom. The standard InChI is InChI=1S/C13H22N2O3/c1-2-18-13(16)10-6-8-15(9-7-10)12-5-3-4-11(12)14-17/h10,12,17H,2-9H2,1H3/b14-11+/t12-/m0/s1. The van der Waals surface area contributed by atoms with E-state index >= 15 is 0 Å². The van der Waals surface area contributed by atoms with Crippen LogP contribution in [0.5, 0.6) is 0 Å². The smallest absolute Gasteiger partial charge is 0.309 e. The maximum Gasteiger partial charge on any atom is 0.309 e. The molecule has 1 saturated heterocycles. The molecule has 1 N–H and O–H groups in total. The lowest BCUT2D eigenvalue weighted by molar-refractivity contribution is -0.149. The minimum atomic E-state index is -0.0559. The number of likely N-dealkylation sites (tertiary alicyclic amines) is 1. The molecule has 0 amide bonds. The van der Waals surface area contributed by atoms with Gasteiger partial charge < -0.3 is 9.94 Å². The first kappa shape index (κ1) is 13.3. The second kappa shape index (κ2) is 6.18. The van der Waals surface area contributed by atoms with E-state index in [0.29, 0.717) is 6.61 Å². The van der Waals surface area contributed by atoms with Crippen molar-refractivity contribution in [3.8, 4) is 0 Å². The second-order valence-corrected chi connectivity index (χ2v) is 5.06. The molecule has 0 aromatic carbocycles. The Balaban J connectivity index is 1.85. The number of ether oxygens (including phenoxy) is 1. The summed E-state index contributed by atoms with van der Waals surface area (Å²) in [4.78, 5) is 14.0. The lowest BCUT2D eigenvalue weighted by atomic mass is 9.95. The molecule has 0 bridgehead atoms. The fraction of sp³-hybridized carbons (Fsp3) is 0.846. The quantitative estimate of drug-likeness (QED) is 0.472. The number of rotatable bonds is 3. The maximum absolute atomic E-state index is 11.6. The third kappa shape index (κ3) is 2.83. The molecule has 102 valence electrons. The van der Waals surface area contributed by atoms with E-state index in [0.717, 1.165) is 50.9 Å². The number of hydrogen-bond acceptors (Lipinski definition) is 5. The SMILES string of the molecule is CCOC(=O)C1CCN([C@H]2CCC/C2=N\O)CC1. The van der Waals surface area contributed by atoms with Crippen molar-refractivity contribution in [2.24, 2.45) is 11.1 Å². The fourth-order valence-electron chi connectivity index (χ4n) is 3.03. The van der Waals surface area contributed by atoms with Crippen LogP contribution in [0.2, 0.25) is 0 Å². The first-order chi connectivity index (χ1) is 8.76. The van der Waals surface area contributed by atoms with Gasteiger partial charge in [0.2, 0.25) is 0 Å². The molecule has 1 saturated carbocycles. The van der Waals surface area contributed by atoms with Gasteiger partial charge in [0, 0.05) is 0 Å². The van der Waals surface area contributed by atoms with Crippen LogP contribution in [0.25, 0.3) is 0 Å². The summed E-state index contributed by atoms with van der Waals surface area (Å²) >= 11 is 0. The van der Waals surface area contributed by atoms with Crippen molar-refractivity contribution in [3.63, 3.8) is 0 Å². The monoisotopic (exact) mass is 254 g/mol. The number of nitrogens with zero attached hydrogens (tertiary/aromatic N) is 2. The number of carbonyl (C=O) groups excluding carboxylic acids is 1. The molecule has 0 aromatic heterocycles. The molecular formula is C13H22N2O3. The van der Waals surface area contributed by atoms with Crippen LogP contribution in [0.1, 0.15) is 39.0 Å². The van der Waals surface area contributed by atoms with Crippen LogP contribution in [-0.2, 0) is 9.53 Å². The first-order valence-corrected chi connectivity index (χ1v) is 6.87. The van der Waals surface area contributed by atoms with Crippen LogP contribution in [0, 0.1) is 5.92 Å². The second-order valence-electron chi connectivity index (χ2n) is 5.06. The summed E-state index contributed by atoms with van der Waals surface area (Å²) in [6.45, 7) is 4.10. The van der Waals surface area contributed by atoms with Gasteiger partial charge in [0.05, 0.1) is 24.3 Å². The molecule has 0 aromatic rings. The molecule has 18 heavy (non-hydrogen) atoms. The summed E-state index contributed by atoms with van der Waals surface area (Å²) in [7, 11) is 0. The normalized spacial score (nSPS) is 28.7. The molecule has 0 radical (unpaired) electrons. The van der Waals surface area contributed by atoms with Crippen LogP contribution in [-0.4, -0.2) is 47.5 Å². The minimum Gasteiger partial charge on any atom is -0.466 e. The molecular weight excluding hydrogens is 232 g/mol. The van der Waals surface area contributed by atoms with Crippen molar-refractivity contribution < 1.29 is 14.7 Å². The zero-order valence-corrected chi connectivity index (χ0v) is 11.0. The topological polar surface area (TPSA) is 62.1 Å². The van der Waals surface area contributed by atoms with Gasteiger partial charge in [-0.2, -0.15) is 0 Å². The van der Waals surface area contributed by atoms with Gasteiger partial charge in [-0.05, 0) is 52.1 Å². The summed E-state index contributed by atoms with van der Waals surface area (Å²) in [6, 6.07) is 0.290. The van der Waals surface area contributed by atoms with E-state index in [1.807, 2.05) is 6.92 Å². The molecule has 1 heterocycles. The maximum atomic E-state index is 11.6. The predicted octanol–water partition coefficient (Wildman–Crippen LogP) is 1.64. The van der Waals surface area contributed by atoms with Crippen molar-refractivity contribution in [3.05, 3.63) is 0 Å². The van der Waals surface area contributed by atoms with Crippen LogP contribution in [0.4, 0.5) is 0 Å². The number of piperidine rings is 1. The number of esters is 1. The molecule has 2 aliphatic rings. The molecule has 0 spiro atoms. The summed E-state index contributed by atoms with van der Waals surface area (Å²) < 4.78 is 5.06. The third-order valence-corrected chi connectivity index (χ3v) is 4.01. The highest BCUT2D eigenvalue weighted by molar-refractivity contribution is 5.90. The van der Waals surface area contributed by atoms with Gasteiger partial charge in [0.15, 0.2) is 0 Å². The summed E-state index contributed by atoms with van der Waals surface area (Å²) in [5.41, 5.74) is 0.907. The van der Waals surface area contributed by atoms with Gasteiger partial charge in [-0.25, -0.2) is 0 Å². The average molecular weight is 254 g/mol. The Morgan fingerprint density at radius 1 is 1.44 bits per heavy atom. The molecule has 2 fully saturated rings. The molecule has 2 rings (SSSR count). The van der Waals surface area contributed by atoms with E-state index in [1.165, 1.54) is 0 Å². The van der Waals surface area contributed by atoms with Crippen molar-refractivity contribution in [1.29, 1.82) is 0 Å². The summed E-state index contributed by atoms with van der Waals surface area (Å²) in [5, 5.41) is 12.4. The van der Waals surface area contributed by atoms with E-state index in [1.54, 1.807) is 0 Å². The van der Waals surface area contributed by atoms with Crippen LogP contribution < -0.4 is 0 Å². The summed E-state index contributed by atoms with van der Waals surface area (Å²) in [5.74, 6) is -0.00302. The number of oxime groups is 1. The van der Waals surface area contributed by atoms with E-state index in [9.17, 15) is 4.79 Å². The Hall–Kier alpha value is -1.10. The van der Waals surface area contributed by atoms with Crippen molar-refractivity contribution >= 4 is 11.7 Å². The van der Waals surface area contributed by atoms with Crippen molar-refractivity contribution in [2.75, 3.05) is 19.7 Å². The lowest BCUT2D eigenvalue weighted by Crippen LogP contribution is -2.44. The van der Waals surface area contributed by atoms with Gasteiger partial charge in [-0.15, -0.1) is 0 Å². The van der Waals surface area contributed by atoms with E-state index in [2.05, 4.69) is 10.1 Å². The van der Waals surface area contributed by atoms with Crippen LogP contribution >= 0.6 is 0 Å². The zero-order chi connectivity index (χ0) is 13.0. The number of hydrogen-bond donors (Lipinski definition) is 1. The van der Waals surface area contributed by atoms with Gasteiger partial charge in [0.25, 0.3) is 0 Å². The fourth-order valence-corrected chi connectivity index (χ4v) is 3.03. The number of carbonyl (C=O) groups is 1. The molecule has 5 nitrogen and oxygen atoms in total. The zero-order valence-electron chi connectivity index (χ0n) is 11.0. The molecule has 1 atom stereocenters. The highest BCUT2D eigenvalue weighted by atomic mass is 16.5. The summed E-state index contributed by atoms with van der Waals surface area (Å²) in [6.07, 6.45) is 4.78. The first-order valence-electron chi connectivity index (χ1n) is 6.87. The van der Waals surface area contributed by atoms with Gasteiger partial charge in [-0.1, -0.05) is 5.16 Å². The van der Waals surface area contributed by atoms with Gasteiger partial charge in [0.1, 0.15) is 0 Å². The highest BCUT2D eigenvalue weighted by Crippen LogP contribution is 2.27. The molecule has 1 aliphatic heterocycles. The Morgan fingerprint density at radius 3 is 2.78 bits per heavy atom. The average Bonchev–Trinajstić information content (AvgIpc) is 2.87. The Kier molecular flexibility index (Phi) is 4.58. The van der Waals surface area contributed by atoms with Gasteiger partial charge >= 0.3 is 5.97 Å². The largest absolute Gasteiger partial charge is 0.466 e. The van der Waals surface area contributed by atoms with Crippen LogP contribution in [0.3, 0.4) is 0 Å². The Bertz CT molecular complexity index is 322. The highest BCUT2D eigenvalue weighted by Gasteiger charge is 2.33. The molecule has 5 heteroatoms. The lowest BCUT2D eigenvalue weighted by Gasteiger charge is -2.34. The van der Waals surface area contributed by atoms with E-state index in [-0.39, 0.29) is 17.9 Å². The van der Waals surface area contributed by atoms with E-state index in [4.69, 9.17) is 9.94 Å². The van der Waals surface area contributed by atoms with Crippen LogP contribution in [0.15, 0.2) is 5.16 Å². The molecule has 0 unspecified atom stereocenters. The molecule has 1 aliphatic carbocycles. The van der Waals surface area contributed by atoms with Gasteiger partial charge in [-0.3, -0.25) is 9.69 Å². The van der Waals surface area contributed by atoms with Crippen molar-refractivity contribution in [1.82, 2.24) is 4.90 Å². The van der Waals surface area contributed by atoms with E-state index < -0.39 is 0 Å². The minimum absolute atomic E-state index is 0.0529. The van der Waals surface area contributed by atoms with Crippen molar-refractivity contribution in [2.45, 2.75) is 45.1 Å². The third-order valence-electron chi connectivity index (χ3n) is 4.01. The predicted molar refractivity (Wildman–Crippen MR) is 67.8 cm³/mol.